The molecule has 4 aromatic carbocycles. The Morgan fingerprint density at radius 1 is 0.427 bits per heavy atom. The summed E-state index contributed by atoms with van der Waals surface area (Å²) in [7, 11) is 2.70. The molecule has 0 fully saturated rings. The quantitative estimate of drug-likeness (QED) is 0.0369. The van der Waals surface area contributed by atoms with Crippen molar-refractivity contribution in [3.8, 4) is 0 Å². The normalized spacial score (nSPS) is 20.6. The van der Waals surface area contributed by atoms with Gasteiger partial charge in [-0.1, -0.05) is 78.4 Å². The first-order valence-corrected chi connectivity index (χ1v) is 28.5. The monoisotopic (exact) mass is 1220 g/mol. The van der Waals surface area contributed by atoms with Crippen molar-refractivity contribution in [1.82, 2.24) is 20.4 Å². The largest absolute Gasteiger partial charge is 0.480 e. The topological polar surface area (TPSA) is 178 Å². The van der Waals surface area contributed by atoms with Gasteiger partial charge in [0, 0.05) is 0 Å². The number of esters is 2. The molecule has 3 aromatic heterocycles. The Balaban J connectivity index is 0.000000154. The molecule has 19 heteroatoms. The number of carboxylic acid groups (broad SMARTS) is 1. The maximum Gasteiger partial charge on any atom is 0.320 e. The molecule has 0 bridgehead atoms. The van der Waals surface area contributed by atoms with Crippen LogP contribution in [0.15, 0.2) is 158 Å². The highest BCUT2D eigenvalue weighted by molar-refractivity contribution is 5.95. The van der Waals surface area contributed by atoms with Crippen LogP contribution in [0, 0.1) is 68.4 Å². The smallest absolute Gasteiger partial charge is 0.320 e. The lowest BCUT2D eigenvalue weighted by atomic mass is 9.77. The number of hydrogen-bond acceptors (Lipinski definition) is 10. The number of hydrogen-bond donors (Lipinski definition) is 3. The van der Waals surface area contributed by atoms with Crippen molar-refractivity contribution in [1.29, 1.82) is 0 Å². The lowest BCUT2D eigenvalue weighted by Gasteiger charge is -2.27. The van der Waals surface area contributed by atoms with E-state index in [2.05, 4.69) is 15.0 Å². The minimum Gasteiger partial charge on any atom is -0.480 e. The number of allylic oxidation sites excluding steroid dienone is 4. The van der Waals surface area contributed by atoms with Gasteiger partial charge in [0.05, 0.1) is 55.3 Å². The first-order chi connectivity index (χ1) is 42.4. The van der Waals surface area contributed by atoms with Crippen molar-refractivity contribution in [3.05, 3.63) is 260 Å². The summed E-state index contributed by atoms with van der Waals surface area (Å²) >= 11 is 0. The number of rotatable bonds is 11. The fourth-order valence-corrected chi connectivity index (χ4v) is 12.4. The van der Waals surface area contributed by atoms with Gasteiger partial charge < -0.3 is 14.6 Å². The molecule has 89 heavy (non-hydrogen) atoms. The molecule has 0 spiro atoms. The lowest BCUT2D eigenvalue weighted by Crippen LogP contribution is -2.41. The van der Waals surface area contributed by atoms with Gasteiger partial charge in [0.2, 0.25) is 0 Å². The van der Waals surface area contributed by atoms with Crippen LogP contribution in [0.2, 0.25) is 0 Å². The number of amides is 1. The molecule has 0 saturated carbocycles. The summed E-state index contributed by atoms with van der Waals surface area (Å²) < 4.78 is 105. The number of aromatic nitrogens is 3. The Morgan fingerprint density at radius 2 is 0.730 bits per heavy atom. The number of halogens is 7. The van der Waals surface area contributed by atoms with E-state index in [1.807, 2.05) is 19.1 Å². The number of hydroxylamine groups is 1. The highest BCUT2D eigenvalue weighted by Crippen LogP contribution is 2.48. The van der Waals surface area contributed by atoms with Gasteiger partial charge in [0.25, 0.3) is 5.91 Å². The minimum absolute atomic E-state index is 0.284. The second-order valence-corrected chi connectivity index (χ2v) is 22.3. The van der Waals surface area contributed by atoms with Crippen LogP contribution < -0.4 is 5.48 Å². The van der Waals surface area contributed by atoms with E-state index >= 15 is 0 Å². The van der Waals surface area contributed by atoms with Gasteiger partial charge >= 0.3 is 17.9 Å². The lowest BCUT2D eigenvalue weighted by molar-refractivity contribution is -0.146. The van der Waals surface area contributed by atoms with E-state index in [0.29, 0.717) is 107 Å². The summed E-state index contributed by atoms with van der Waals surface area (Å²) in [6.45, 7) is 8.52. The van der Waals surface area contributed by atoms with E-state index < -0.39 is 68.6 Å². The summed E-state index contributed by atoms with van der Waals surface area (Å²) in [4.78, 5) is 61.2. The highest BCUT2D eigenvalue weighted by Gasteiger charge is 2.47. The van der Waals surface area contributed by atoms with Crippen LogP contribution in [0.25, 0.3) is 16.7 Å². The van der Waals surface area contributed by atoms with Gasteiger partial charge in [-0.25, -0.2) is 36.2 Å². The van der Waals surface area contributed by atoms with Gasteiger partial charge in [-0.05, 0) is 208 Å². The first kappa shape index (κ1) is 65.6. The van der Waals surface area contributed by atoms with Crippen molar-refractivity contribution in [2.75, 3.05) is 14.2 Å². The maximum absolute atomic E-state index is 14.0. The number of carboxylic acids is 1. The van der Waals surface area contributed by atoms with Crippen LogP contribution in [-0.4, -0.2) is 63.3 Å². The molecule has 4 atom stereocenters. The molecule has 7 aromatic rings. The third-order valence-electron chi connectivity index (χ3n) is 17.2. The molecule has 4 aliphatic rings. The average Bonchev–Trinajstić information content (AvgIpc) is 1.79. The van der Waals surface area contributed by atoms with Gasteiger partial charge in [-0.2, -0.15) is 0 Å². The molecule has 11 rings (SSSR count). The molecular weight excluding hydrogens is 1160 g/mol. The minimum atomic E-state index is -1.28. The third kappa shape index (κ3) is 13.3. The van der Waals surface area contributed by atoms with Crippen molar-refractivity contribution in [2.45, 2.75) is 108 Å². The van der Waals surface area contributed by atoms with E-state index in [1.54, 1.807) is 87.8 Å². The summed E-state index contributed by atoms with van der Waals surface area (Å²) in [5.41, 5.74) is 6.38. The summed E-state index contributed by atoms with van der Waals surface area (Å²) in [6, 6.07) is 27.1. The molecule has 462 valence electrons. The number of nitrogens with zero attached hydrogens (tertiary/aromatic N) is 3. The van der Waals surface area contributed by atoms with Crippen LogP contribution in [0.5, 0.6) is 0 Å². The first-order valence-electron chi connectivity index (χ1n) is 28.5. The van der Waals surface area contributed by atoms with Gasteiger partial charge in [0.15, 0.2) is 0 Å². The van der Waals surface area contributed by atoms with E-state index in [0.717, 1.165) is 47.3 Å². The molecular formula is C70H65F7N4O8. The molecule has 0 unspecified atom stereocenters. The zero-order valence-corrected chi connectivity index (χ0v) is 49.9. The number of benzene rings is 4. The Hall–Kier alpha value is -9.36. The second kappa shape index (κ2) is 27.4. The zero-order chi connectivity index (χ0) is 64.6. The fourth-order valence-electron chi connectivity index (χ4n) is 12.4. The zero-order valence-electron chi connectivity index (χ0n) is 49.9. The molecule has 3 heterocycles. The van der Waals surface area contributed by atoms with E-state index in [1.165, 1.54) is 80.9 Å². The number of methoxy groups -OCH3 is 2. The number of aliphatic carboxylic acids is 1. The Bertz CT molecular complexity index is 3830. The van der Waals surface area contributed by atoms with Crippen LogP contribution in [0.3, 0.4) is 0 Å². The fraction of sp³-hybridized carbons (Fsp3) is 0.271. The molecule has 1 amide bonds. The summed E-state index contributed by atoms with van der Waals surface area (Å²) in [6.07, 6.45) is 14.5. The van der Waals surface area contributed by atoms with Gasteiger partial charge in [-0.3, -0.25) is 39.3 Å². The Morgan fingerprint density at radius 3 is 1.04 bits per heavy atom. The summed E-state index contributed by atoms with van der Waals surface area (Å²) in [5.74, 6) is -5.21. The second-order valence-electron chi connectivity index (χ2n) is 22.3. The third-order valence-corrected chi connectivity index (χ3v) is 17.2. The van der Waals surface area contributed by atoms with Crippen molar-refractivity contribution in [2.24, 2.45) is 0 Å². The predicted molar refractivity (Wildman–Crippen MR) is 320 cm³/mol. The average molecular weight is 1220 g/mol. The number of pyridine rings is 3. The Labute approximate surface area is 510 Å². The number of carbonyl (C=O) groups is 4. The molecule has 3 N–H and O–H groups in total. The van der Waals surface area contributed by atoms with Crippen LogP contribution in [0.1, 0.15) is 120 Å². The van der Waals surface area contributed by atoms with Gasteiger partial charge in [-0.15, -0.1) is 0 Å². The van der Waals surface area contributed by atoms with Crippen LogP contribution >= 0.6 is 0 Å². The van der Waals surface area contributed by atoms with E-state index in [4.69, 9.17) is 9.47 Å². The SMILES string of the molecule is COC(=O)[C@]1(c2cccc(F)c2C)C=C(C)CC1.COC(=O)[C@]1(c2cccc(F)c2C)C=C(c2ccc(F)cn2)CC1.Cc1c(F)cccc1[C@@]1(C(=O)NO)C=C(c2ccc(F)cn2)CC1.Cc1c(F)cccc1[C@@]1(C(=O)O)C=C(c2ccc(F)cn2)CC1. The number of carbonyl (C=O) groups excluding carboxylic acids is 3. The van der Waals surface area contributed by atoms with Gasteiger partial charge in [0.1, 0.15) is 57.0 Å². The molecule has 0 radical (unpaired) electrons. The maximum atomic E-state index is 14.0. The summed E-state index contributed by atoms with van der Waals surface area (Å²) in [5, 5.41) is 19.0. The highest BCUT2D eigenvalue weighted by atomic mass is 19.2. The molecule has 0 saturated heterocycles. The predicted octanol–water partition coefficient (Wildman–Crippen LogP) is 14.4. The van der Waals surface area contributed by atoms with E-state index in [9.17, 15) is 60.2 Å². The Kier molecular flexibility index (Phi) is 20.2. The number of ether oxygens (including phenoxy) is 2. The molecule has 12 nitrogen and oxygen atoms in total. The molecule has 4 aliphatic carbocycles. The standard InChI is InChI=1S/C19H17F2NO2.C18H16F2N2O2.C18H15F2NO2.C15H17FO2/c1-12-15(4-3-5-16(12)21)19(18(23)24-2)9-8-13(10-19)17-7-6-14(20)11-22-17;1-11-14(3-2-4-15(11)20)18(17(23)22-24)8-7-12(9-18)16-6-5-13(19)10-21-16;1-11-14(3-2-4-15(11)20)18(17(22)23)8-7-12(9-18)16-6-5-13(19)10-21-16;1-10-7-8-15(9-10,14(17)18-3)12-5-4-6-13(16)11(12)2/h3-7,10-11H,8-9H2,1-2H3;2-6,9-10,24H,7-8H2,1H3,(H,22,23);2-6,9-10H,7-8H2,1H3,(H,22,23);4-6,9H,7-8H2,1-3H3/t19-;2*18-;15-/m0000/s1. The van der Waals surface area contributed by atoms with Crippen LogP contribution in [-0.2, 0) is 50.3 Å². The van der Waals surface area contributed by atoms with Crippen molar-refractivity contribution in [3.63, 3.8) is 0 Å². The molecule has 0 aliphatic heterocycles. The number of nitrogens with one attached hydrogen (secondary N) is 1. The van der Waals surface area contributed by atoms with Crippen molar-refractivity contribution < 1.29 is 69.7 Å². The van der Waals surface area contributed by atoms with E-state index in [-0.39, 0.29) is 17.6 Å². The van der Waals surface area contributed by atoms with Crippen molar-refractivity contribution >= 4 is 40.5 Å². The van der Waals surface area contributed by atoms with Crippen LogP contribution in [0.4, 0.5) is 30.7 Å².